The maximum atomic E-state index is 10.8. The Morgan fingerprint density at radius 1 is 1.33 bits per heavy atom. The van der Waals surface area contributed by atoms with Gasteiger partial charge in [0, 0.05) is 16.5 Å². The van der Waals surface area contributed by atoms with Gasteiger partial charge in [-0.1, -0.05) is 29.8 Å². The third kappa shape index (κ3) is 3.68. The van der Waals surface area contributed by atoms with E-state index in [2.05, 4.69) is 36.2 Å². The minimum atomic E-state index is -0.815. The Kier molecular flexibility index (Phi) is 4.75. The molecule has 1 N–H and O–H groups in total. The molecule has 1 unspecified atom stereocenters. The highest BCUT2D eigenvalue weighted by Gasteiger charge is 2.20. The molecule has 0 aliphatic carbocycles. The summed E-state index contributed by atoms with van der Waals surface area (Å²) in [5.41, 5.74) is 3.30. The van der Waals surface area contributed by atoms with Crippen LogP contribution in [0, 0.1) is 13.8 Å². The SMILES string of the molecule is Cc1ccc(-c2nc(C)c(C(C)N(C)CC(=O)O)s2)cc1. The standard InChI is InChI=1S/C16H20N2O2S/c1-10-5-7-13(8-6-10)16-17-11(2)15(21-16)12(3)18(4)9-14(19)20/h5-8,12H,9H2,1-4H3,(H,19,20). The molecular weight excluding hydrogens is 284 g/mol. The minimum Gasteiger partial charge on any atom is -0.480 e. The molecular formula is C16H20N2O2S. The van der Waals surface area contributed by atoms with Crippen LogP contribution in [0.15, 0.2) is 24.3 Å². The number of aromatic nitrogens is 1. The molecule has 1 atom stereocenters. The quantitative estimate of drug-likeness (QED) is 0.918. The fraction of sp³-hybridized carbons (Fsp3) is 0.375. The van der Waals surface area contributed by atoms with Crippen molar-refractivity contribution in [3.8, 4) is 10.6 Å². The zero-order valence-electron chi connectivity index (χ0n) is 12.8. The summed E-state index contributed by atoms with van der Waals surface area (Å²) >= 11 is 1.64. The Morgan fingerprint density at radius 3 is 2.52 bits per heavy atom. The Labute approximate surface area is 129 Å². The molecule has 1 aromatic heterocycles. The van der Waals surface area contributed by atoms with Gasteiger partial charge in [-0.3, -0.25) is 9.69 Å². The smallest absolute Gasteiger partial charge is 0.317 e. The molecule has 0 radical (unpaired) electrons. The van der Waals surface area contributed by atoms with Crippen LogP contribution in [0.25, 0.3) is 10.6 Å². The fourth-order valence-electron chi connectivity index (χ4n) is 2.17. The van der Waals surface area contributed by atoms with E-state index < -0.39 is 5.97 Å². The molecule has 1 aromatic carbocycles. The lowest BCUT2D eigenvalue weighted by molar-refractivity contribution is -0.138. The third-order valence-corrected chi connectivity index (χ3v) is 4.93. The van der Waals surface area contributed by atoms with Crippen molar-refractivity contribution in [2.75, 3.05) is 13.6 Å². The molecule has 0 aliphatic heterocycles. The number of hydrogen-bond acceptors (Lipinski definition) is 4. The molecule has 0 bridgehead atoms. The van der Waals surface area contributed by atoms with Gasteiger partial charge in [0.2, 0.25) is 0 Å². The lowest BCUT2D eigenvalue weighted by atomic mass is 10.2. The fourth-order valence-corrected chi connectivity index (χ4v) is 3.35. The number of hydrogen-bond donors (Lipinski definition) is 1. The molecule has 0 amide bonds. The van der Waals surface area contributed by atoms with Crippen molar-refractivity contribution >= 4 is 17.3 Å². The number of carboxylic acid groups (broad SMARTS) is 1. The number of aliphatic carboxylic acids is 1. The van der Waals surface area contributed by atoms with Crippen molar-refractivity contribution in [1.29, 1.82) is 0 Å². The first-order valence-corrected chi connectivity index (χ1v) is 7.66. The van der Waals surface area contributed by atoms with E-state index in [9.17, 15) is 4.79 Å². The molecule has 5 heteroatoms. The maximum absolute atomic E-state index is 10.8. The third-order valence-electron chi connectivity index (χ3n) is 3.56. The summed E-state index contributed by atoms with van der Waals surface area (Å²) in [6.45, 7) is 6.08. The van der Waals surface area contributed by atoms with E-state index in [-0.39, 0.29) is 12.6 Å². The highest BCUT2D eigenvalue weighted by molar-refractivity contribution is 7.15. The highest BCUT2D eigenvalue weighted by atomic mass is 32.1. The van der Waals surface area contributed by atoms with Crippen molar-refractivity contribution in [1.82, 2.24) is 9.88 Å². The predicted octanol–water partition coefficient (Wildman–Crippen LogP) is 3.50. The summed E-state index contributed by atoms with van der Waals surface area (Å²) in [6.07, 6.45) is 0. The average Bonchev–Trinajstić information content (AvgIpc) is 2.80. The number of carboxylic acids is 1. The van der Waals surface area contributed by atoms with E-state index in [0.29, 0.717) is 0 Å². The summed E-state index contributed by atoms with van der Waals surface area (Å²) in [4.78, 5) is 18.4. The van der Waals surface area contributed by atoms with E-state index in [0.717, 1.165) is 21.1 Å². The van der Waals surface area contributed by atoms with E-state index in [1.54, 1.807) is 11.3 Å². The Balaban J connectivity index is 2.26. The number of likely N-dealkylation sites (N-methyl/N-ethyl adjacent to an activating group) is 1. The lowest BCUT2D eigenvalue weighted by Gasteiger charge is -2.21. The summed E-state index contributed by atoms with van der Waals surface area (Å²) in [7, 11) is 1.82. The van der Waals surface area contributed by atoms with Crippen LogP contribution in [-0.2, 0) is 4.79 Å². The Bertz CT molecular complexity index is 634. The summed E-state index contributed by atoms with van der Waals surface area (Å²) in [6, 6.07) is 8.33. The van der Waals surface area contributed by atoms with Gasteiger partial charge < -0.3 is 5.11 Å². The highest BCUT2D eigenvalue weighted by Crippen LogP contribution is 2.33. The van der Waals surface area contributed by atoms with Gasteiger partial charge in [0.15, 0.2) is 0 Å². The molecule has 4 nitrogen and oxygen atoms in total. The minimum absolute atomic E-state index is 0.0262. The zero-order valence-corrected chi connectivity index (χ0v) is 13.6. The van der Waals surface area contributed by atoms with E-state index >= 15 is 0 Å². The lowest BCUT2D eigenvalue weighted by Crippen LogP contribution is -2.28. The predicted molar refractivity (Wildman–Crippen MR) is 85.7 cm³/mol. The van der Waals surface area contributed by atoms with Gasteiger partial charge in [-0.2, -0.15) is 0 Å². The first kappa shape index (κ1) is 15.7. The van der Waals surface area contributed by atoms with E-state index in [1.165, 1.54) is 5.56 Å². The van der Waals surface area contributed by atoms with Crippen LogP contribution < -0.4 is 0 Å². The van der Waals surface area contributed by atoms with Gasteiger partial charge in [0.05, 0.1) is 12.2 Å². The van der Waals surface area contributed by atoms with Crippen LogP contribution >= 0.6 is 11.3 Å². The Hall–Kier alpha value is -1.72. The molecule has 21 heavy (non-hydrogen) atoms. The van der Waals surface area contributed by atoms with Crippen LogP contribution in [0.2, 0.25) is 0 Å². The molecule has 1 heterocycles. The van der Waals surface area contributed by atoms with Crippen molar-refractivity contribution in [3.05, 3.63) is 40.4 Å². The van der Waals surface area contributed by atoms with Crippen molar-refractivity contribution in [2.24, 2.45) is 0 Å². The monoisotopic (exact) mass is 304 g/mol. The second-order valence-electron chi connectivity index (χ2n) is 5.32. The molecule has 0 spiro atoms. The van der Waals surface area contributed by atoms with Crippen LogP contribution in [0.1, 0.15) is 29.1 Å². The first-order chi connectivity index (χ1) is 9.88. The Morgan fingerprint density at radius 2 is 1.95 bits per heavy atom. The number of aryl methyl sites for hydroxylation is 2. The van der Waals surface area contributed by atoms with Gasteiger partial charge in [0.25, 0.3) is 0 Å². The number of carbonyl (C=O) groups is 1. The summed E-state index contributed by atoms with van der Waals surface area (Å²) in [5, 5.41) is 9.89. The van der Waals surface area contributed by atoms with Gasteiger partial charge in [-0.25, -0.2) is 4.98 Å². The maximum Gasteiger partial charge on any atom is 0.317 e. The topological polar surface area (TPSA) is 53.4 Å². The largest absolute Gasteiger partial charge is 0.480 e. The van der Waals surface area contributed by atoms with Crippen molar-refractivity contribution < 1.29 is 9.90 Å². The molecule has 0 saturated heterocycles. The second-order valence-corrected chi connectivity index (χ2v) is 6.35. The van der Waals surface area contributed by atoms with Crippen LogP contribution in [0.5, 0.6) is 0 Å². The van der Waals surface area contributed by atoms with Gasteiger partial charge in [-0.15, -0.1) is 11.3 Å². The molecule has 0 saturated carbocycles. The first-order valence-electron chi connectivity index (χ1n) is 6.85. The molecule has 2 aromatic rings. The van der Waals surface area contributed by atoms with Crippen LogP contribution in [-0.4, -0.2) is 34.6 Å². The molecule has 0 aliphatic rings. The number of benzene rings is 1. The van der Waals surface area contributed by atoms with Gasteiger partial charge in [-0.05, 0) is 27.8 Å². The van der Waals surface area contributed by atoms with Gasteiger partial charge in [0.1, 0.15) is 5.01 Å². The van der Waals surface area contributed by atoms with Crippen molar-refractivity contribution in [3.63, 3.8) is 0 Å². The number of nitrogens with zero attached hydrogens (tertiary/aromatic N) is 2. The molecule has 2 rings (SSSR count). The van der Waals surface area contributed by atoms with E-state index in [4.69, 9.17) is 5.11 Å². The van der Waals surface area contributed by atoms with E-state index in [1.807, 2.05) is 25.8 Å². The summed E-state index contributed by atoms with van der Waals surface area (Å²) in [5.74, 6) is -0.815. The van der Waals surface area contributed by atoms with Crippen molar-refractivity contribution in [2.45, 2.75) is 26.8 Å². The van der Waals surface area contributed by atoms with Crippen LogP contribution in [0.4, 0.5) is 0 Å². The normalized spacial score (nSPS) is 12.6. The summed E-state index contributed by atoms with van der Waals surface area (Å²) < 4.78 is 0. The number of rotatable bonds is 5. The van der Waals surface area contributed by atoms with Crippen LogP contribution in [0.3, 0.4) is 0 Å². The molecule has 0 fully saturated rings. The average molecular weight is 304 g/mol. The van der Waals surface area contributed by atoms with Gasteiger partial charge >= 0.3 is 5.97 Å². The second kappa shape index (κ2) is 6.37. The zero-order chi connectivity index (χ0) is 15.6. The molecule has 112 valence electrons. The number of thiazole rings is 1.